The van der Waals surface area contributed by atoms with Gasteiger partial charge in [0.25, 0.3) is 0 Å². The normalized spacial score (nSPS) is 14.9. The Morgan fingerprint density at radius 1 is 0.675 bits per heavy atom. The van der Waals surface area contributed by atoms with Gasteiger partial charge in [-0.2, -0.15) is 5.10 Å². The Morgan fingerprint density at radius 3 is 1.77 bits per heavy atom. The predicted molar refractivity (Wildman–Crippen MR) is 185 cm³/mol. The van der Waals surface area contributed by atoms with Crippen LogP contribution in [-0.4, -0.2) is 28.2 Å². The first-order valence-electron chi connectivity index (χ1n) is 13.9. The van der Waals surface area contributed by atoms with Crippen molar-refractivity contribution in [2.24, 2.45) is 0 Å². The number of H-pyrrole nitrogens is 1. The topological polar surface area (TPSA) is 44.0 Å². The van der Waals surface area contributed by atoms with E-state index in [0.717, 1.165) is 30.2 Å². The molecule has 0 atom stereocenters. The highest BCUT2D eigenvalue weighted by atomic mass is 35.5. The molecule has 0 saturated carbocycles. The zero-order valence-electron chi connectivity index (χ0n) is 23.7. The number of anilines is 1. The molecule has 228 valence electrons. The third-order valence-electron chi connectivity index (χ3n) is 7.25. The lowest BCUT2D eigenvalue weighted by Crippen LogP contribution is -2.26. The fourth-order valence-electron chi connectivity index (χ4n) is 5.11. The Bertz CT molecular complexity index is 999. The summed E-state index contributed by atoms with van der Waals surface area (Å²) in [5, 5.41) is 11.1. The molecule has 1 aromatic heterocycles. The van der Waals surface area contributed by atoms with Gasteiger partial charge in [-0.1, -0.05) is 112 Å². The first-order valence-corrected chi connectivity index (χ1v) is 13.9. The fraction of sp³-hybridized carbons (Fsp3) is 0.516. The molecular formula is C31H49Cl5N4. The number of aromatic nitrogens is 2. The lowest BCUT2D eigenvalue weighted by atomic mass is 10.0. The summed E-state index contributed by atoms with van der Waals surface area (Å²) >= 11 is 0. The highest BCUT2D eigenvalue weighted by Gasteiger charge is 2.08. The van der Waals surface area contributed by atoms with Crippen LogP contribution in [-0.2, 0) is 13.1 Å². The molecule has 40 heavy (non-hydrogen) atoms. The van der Waals surface area contributed by atoms with E-state index in [2.05, 4.69) is 81.9 Å². The maximum Gasteiger partial charge on any atom is 0.122 e. The van der Waals surface area contributed by atoms with Crippen molar-refractivity contribution in [3.63, 3.8) is 0 Å². The van der Waals surface area contributed by atoms with Crippen molar-refractivity contribution in [1.29, 1.82) is 0 Å². The summed E-state index contributed by atoms with van der Waals surface area (Å²) in [5.74, 6) is 0.959. The van der Waals surface area contributed by atoms with E-state index in [9.17, 15) is 0 Å². The van der Waals surface area contributed by atoms with Crippen molar-refractivity contribution < 1.29 is 0 Å². The summed E-state index contributed by atoms with van der Waals surface area (Å²) in [6.45, 7) is 6.44. The number of hydrogen-bond acceptors (Lipinski definition) is 3. The standard InChI is InChI=1S/C31H44N4.5ClH/c1-26-16-18-29(19-17-26)30-23-31(34-33-30)32-24-27-14-13-15-28(22-27)25-35-20-11-9-7-5-3-2-4-6-8-10-12-21-35;;;;;/h13-19,22-23H,2-12,20-21,24-25H2,1H3,(H2,32,33,34);5*1H. The lowest BCUT2D eigenvalue weighted by Gasteiger charge is -2.23. The van der Waals surface area contributed by atoms with Gasteiger partial charge in [0.1, 0.15) is 5.82 Å². The molecule has 2 aromatic carbocycles. The van der Waals surface area contributed by atoms with Gasteiger partial charge in [-0.15, -0.1) is 62.0 Å². The third kappa shape index (κ3) is 14.7. The second-order valence-corrected chi connectivity index (χ2v) is 10.4. The SMILES string of the molecule is Cc1ccc(-c2cc(NCc3cccc(CN4CCCCCCCCCCCCC4)c3)[nH]n2)cc1.Cl.Cl.Cl.Cl.Cl. The molecule has 2 heterocycles. The number of rotatable bonds is 6. The van der Waals surface area contributed by atoms with Gasteiger partial charge in [0, 0.05) is 24.7 Å². The lowest BCUT2D eigenvalue weighted by molar-refractivity contribution is 0.251. The number of nitrogens with zero attached hydrogens (tertiary/aromatic N) is 2. The maximum absolute atomic E-state index is 4.48. The molecule has 0 bridgehead atoms. The Balaban J connectivity index is 0. The van der Waals surface area contributed by atoms with Crippen LogP contribution < -0.4 is 5.32 Å². The van der Waals surface area contributed by atoms with Crippen LogP contribution in [0.25, 0.3) is 11.3 Å². The Kier molecular flexibility index (Phi) is 24.0. The van der Waals surface area contributed by atoms with Crippen LogP contribution in [0.2, 0.25) is 0 Å². The molecule has 0 amide bonds. The Hall–Kier alpha value is -1.14. The van der Waals surface area contributed by atoms with Crippen molar-refractivity contribution in [2.45, 2.75) is 90.6 Å². The first kappa shape index (κ1) is 41.0. The molecule has 9 heteroatoms. The van der Waals surface area contributed by atoms with E-state index in [0.29, 0.717) is 0 Å². The summed E-state index contributed by atoms with van der Waals surface area (Å²) in [4.78, 5) is 2.70. The Morgan fingerprint density at radius 2 is 1.20 bits per heavy atom. The van der Waals surface area contributed by atoms with E-state index < -0.39 is 0 Å². The van der Waals surface area contributed by atoms with Crippen molar-refractivity contribution >= 4 is 67.9 Å². The summed E-state index contributed by atoms with van der Waals surface area (Å²) < 4.78 is 0. The number of nitrogens with one attached hydrogen (secondary N) is 2. The van der Waals surface area contributed by atoms with Gasteiger partial charge >= 0.3 is 0 Å². The third-order valence-corrected chi connectivity index (χ3v) is 7.25. The van der Waals surface area contributed by atoms with Gasteiger partial charge < -0.3 is 5.32 Å². The van der Waals surface area contributed by atoms with Crippen LogP contribution in [0.3, 0.4) is 0 Å². The summed E-state index contributed by atoms with van der Waals surface area (Å²) in [5.41, 5.74) is 6.12. The molecule has 0 unspecified atom stereocenters. The zero-order chi connectivity index (χ0) is 24.1. The summed E-state index contributed by atoms with van der Waals surface area (Å²) in [6, 6.07) is 19.7. The first-order chi connectivity index (χ1) is 17.3. The van der Waals surface area contributed by atoms with E-state index in [4.69, 9.17) is 0 Å². The maximum atomic E-state index is 4.48. The molecule has 4 nitrogen and oxygen atoms in total. The molecule has 1 fully saturated rings. The van der Waals surface area contributed by atoms with Crippen LogP contribution in [0.1, 0.15) is 87.3 Å². The van der Waals surface area contributed by atoms with E-state index in [-0.39, 0.29) is 62.0 Å². The van der Waals surface area contributed by atoms with Gasteiger partial charge in [0.15, 0.2) is 0 Å². The van der Waals surface area contributed by atoms with Crippen molar-refractivity contribution in [3.05, 3.63) is 71.3 Å². The van der Waals surface area contributed by atoms with E-state index in [1.807, 2.05) is 0 Å². The minimum atomic E-state index is 0. The number of aryl methyl sites for hydroxylation is 1. The highest BCUT2D eigenvalue weighted by Crippen LogP contribution is 2.21. The van der Waals surface area contributed by atoms with Gasteiger partial charge in [0.05, 0.1) is 5.69 Å². The smallest absolute Gasteiger partial charge is 0.122 e. The second kappa shape index (κ2) is 23.4. The number of aromatic amines is 1. The summed E-state index contributed by atoms with van der Waals surface area (Å²) in [7, 11) is 0. The monoisotopic (exact) mass is 652 g/mol. The van der Waals surface area contributed by atoms with E-state index >= 15 is 0 Å². The van der Waals surface area contributed by atoms with Crippen LogP contribution in [0.5, 0.6) is 0 Å². The average molecular weight is 655 g/mol. The van der Waals surface area contributed by atoms with Gasteiger partial charge in [-0.3, -0.25) is 10.00 Å². The Labute approximate surface area is 273 Å². The summed E-state index contributed by atoms with van der Waals surface area (Å²) in [6.07, 6.45) is 15.5. The molecule has 1 aliphatic heterocycles. The quantitative estimate of drug-likeness (QED) is 0.278. The van der Waals surface area contributed by atoms with Crippen LogP contribution in [0.4, 0.5) is 5.82 Å². The second-order valence-electron chi connectivity index (χ2n) is 10.4. The molecule has 0 aliphatic carbocycles. The van der Waals surface area contributed by atoms with Crippen LogP contribution in [0, 0.1) is 6.92 Å². The van der Waals surface area contributed by atoms with Gasteiger partial charge in [-0.25, -0.2) is 0 Å². The van der Waals surface area contributed by atoms with Gasteiger partial charge in [0.2, 0.25) is 0 Å². The number of hydrogen-bond donors (Lipinski definition) is 2. The van der Waals surface area contributed by atoms with E-state index in [1.165, 1.54) is 100 Å². The number of halogens is 5. The van der Waals surface area contributed by atoms with Crippen molar-refractivity contribution in [1.82, 2.24) is 15.1 Å². The zero-order valence-corrected chi connectivity index (χ0v) is 27.8. The molecular weight excluding hydrogens is 606 g/mol. The number of benzene rings is 2. The molecule has 0 spiro atoms. The van der Waals surface area contributed by atoms with Crippen molar-refractivity contribution in [2.75, 3.05) is 18.4 Å². The fourth-order valence-corrected chi connectivity index (χ4v) is 5.11. The minimum absolute atomic E-state index is 0. The average Bonchev–Trinajstić information content (AvgIpc) is 3.35. The van der Waals surface area contributed by atoms with Crippen molar-refractivity contribution in [3.8, 4) is 11.3 Å². The molecule has 1 aliphatic rings. The highest BCUT2D eigenvalue weighted by molar-refractivity contribution is 5.86. The minimum Gasteiger partial charge on any atom is -0.366 e. The van der Waals surface area contributed by atoms with Crippen LogP contribution in [0.15, 0.2) is 54.6 Å². The predicted octanol–water partition coefficient (Wildman–Crippen LogP) is 10.2. The molecule has 2 N–H and O–H groups in total. The van der Waals surface area contributed by atoms with Crippen LogP contribution >= 0.6 is 62.0 Å². The van der Waals surface area contributed by atoms with E-state index in [1.54, 1.807) is 0 Å². The molecule has 1 saturated heterocycles. The molecule has 4 rings (SSSR count). The molecule has 3 aromatic rings. The largest absolute Gasteiger partial charge is 0.366 e. The van der Waals surface area contributed by atoms with Gasteiger partial charge in [-0.05, 0) is 44.0 Å². The molecule has 0 radical (unpaired) electrons.